The Morgan fingerprint density at radius 3 is 2.67 bits per heavy atom. The maximum atomic E-state index is 5.68. The van der Waals surface area contributed by atoms with Gasteiger partial charge >= 0.3 is 0 Å². The van der Waals surface area contributed by atoms with Crippen LogP contribution in [0.4, 0.5) is 17.5 Å². The van der Waals surface area contributed by atoms with Crippen molar-refractivity contribution >= 4 is 28.5 Å². The zero-order valence-electron chi connectivity index (χ0n) is 17.1. The van der Waals surface area contributed by atoms with Gasteiger partial charge in [-0.1, -0.05) is 0 Å². The molecule has 0 saturated carbocycles. The van der Waals surface area contributed by atoms with E-state index < -0.39 is 0 Å². The molecule has 3 aromatic rings. The van der Waals surface area contributed by atoms with Crippen LogP contribution in [0.25, 0.3) is 11.0 Å². The monoisotopic (exact) mass is 410 g/mol. The van der Waals surface area contributed by atoms with Crippen LogP contribution in [0.2, 0.25) is 0 Å². The quantitative estimate of drug-likeness (QED) is 0.640. The van der Waals surface area contributed by atoms with Crippen molar-refractivity contribution in [1.82, 2.24) is 19.4 Å². The van der Waals surface area contributed by atoms with Crippen LogP contribution >= 0.6 is 0 Å². The first-order valence-electron chi connectivity index (χ1n) is 10.3. The van der Waals surface area contributed by atoms with E-state index in [9.17, 15) is 0 Å². The second-order valence-corrected chi connectivity index (χ2v) is 7.33. The molecule has 0 amide bonds. The number of pyridine rings is 1. The zero-order chi connectivity index (χ0) is 20.3. The van der Waals surface area contributed by atoms with E-state index in [1.165, 1.54) is 0 Å². The van der Waals surface area contributed by atoms with Crippen LogP contribution in [-0.2, 0) is 11.3 Å². The summed E-state index contributed by atoms with van der Waals surface area (Å²) >= 11 is 0. The second kappa shape index (κ2) is 8.37. The Labute approximate surface area is 175 Å². The fourth-order valence-electron chi connectivity index (χ4n) is 3.85. The SMILES string of the molecule is CNc1nc2cnc(Nc3ccc4c(c3)OCCO4)cc2n1CCN1CCOCC1. The van der Waals surface area contributed by atoms with E-state index >= 15 is 0 Å². The van der Waals surface area contributed by atoms with Crippen LogP contribution in [0.1, 0.15) is 0 Å². The summed E-state index contributed by atoms with van der Waals surface area (Å²) in [6, 6.07) is 7.86. The molecule has 2 aliphatic rings. The second-order valence-electron chi connectivity index (χ2n) is 7.33. The molecule has 0 spiro atoms. The summed E-state index contributed by atoms with van der Waals surface area (Å²) in [7, 11) is 1.90. The highest BCUT2D eigenvalue weighted by Crippen LogP contribution is 2.33. The van der Waals surface area contributed by atoms with Crippen molar-refractivity contribution in [3.05, 3.63) is 30.5 Å². The van der Waals surface area contributed by atoms with E-state index in [0.717, 1.165) is 79.4 Å². The van der Waals surface area contributed by atoms with Gasteiger partial charge in [-0.15, -0.1) is 0 Å². The first-order valence-corrected chi connectivity index (χ1v) is 10.3. The third-order valence-electron chi connectivity index (χ3n) is 5.42. The molecule has 9 nitrogen and oxygen atoms in total. The van der Waals surface area contributed by atoms with E-state index in [0.29, 0.717) is 13.2 Å². The molecule has 0 atom stereocenters. The Morgan fingerprint density at radius 1 is 1.00 bits per heavy atom. The number of fused-ring (bicyclic) bond motifs is 2. The van der Waals surface area contributed by atoms with Gasteiger partial charge in [-0.05, 0) is 12.1 Å². The lowest BCUT2D eigenvalue weighted by molar-refractivity contribution is 0.0366. The summed E-state index contributed by atoms with van der Waals surface area (Å²) < 4.78 is 18.9. The molecule has 0 radical (unpaired) electrons. The van der Waals surface area contributed by atoms with E-state index in [1.54, 1.807) is 0 Å². The van der Waals surface area contributed by atoms with Gasteiger partial charge in [0.2, 0.25) is 5.95 Å². The molecule has 0 aliphatic carbocycles. The number of rotatable bonds is 6. The van der Waals surface area contributed by atoms with Gasteiger partial charge in [0.15, 0.2) is 11.5 Å². The summed E-state index contributed by atoms with van der Waals surface area (Å²) in [5, 5.41) is 6.58. The molecule has 0 unspecified atom stereocenters. The van der Waals surface area contributed by atoms with E-state index in [-0.39, 0.29) is 0 Å². The Hall–Kier alpha value is -3.04. The van der Waals surface area contributed by atoms with Gasteiger partial charge in [0.1, 0.15) is 24.5 Å². The third-order valence-corrected chi connectivity index (χ3v) is 5.42. The van der Waals surface area contributed by atoms with Crippen molar-refractivity contribution in [3.8, 4) is 11.5 Å². The van der Waals surface area contributed by atoms with Crippen molar-refractivity contribution < 1.29 is 14.2 Å². The number of hydrogen-bond acceptors (Lipinski definition) is 8. The van der Waals surface area contributed by atoms with Crippen molar-refractivity contribution in [3.63, 3.8) is 0 Å². The number of ether oxygens (including phenoxy) is 3. The van der Waals surface area contributed by atoms with Crippen molar-refractivity contribution in [2.45, 2.75) is 6.54 Å². The molecule has 2 N–H and O–H groups in total. The van der Waals surface area contributed by atoms with Crippen LogP contribution in [-0.4, -0.2) is 72.5 Å². The van der Waals surface area contributed by atoms with Crippen molar-refractivity contribution in [1.29, 1.82) is 0 Å². The molecule has 158 valence electrons. The fraction of sp³-hybridized carbons (Fsp3) is 0.429. The van der Waals surface area contributed by atoms with E-state index in [4.69, 9.17) is 14.2 Å². The third kappa shape index (κ3) is 3.86. The number of benzene rings is 1. The largest absolute Gasteiger partial charge is 0.486 e. The minimum Gasteiger partial charge on any atom is -0.486 e. The van der Waals surface area contributed by atoms with Crippen LogP contribution in [0.5, 0.6) is 11.5 Å². The van der Waals surface area contributed by atoms with Gasteiger partial charge in [0.25, 0.3) is 0 Å². The number of nitrogens with zero attached hydrogens (tertiary/aromatic N) is 4. The lowest BCUT2D eigenvalue weighted by Gasteiger charge is -2.26. The van der Waals surface area contributed by atoms with Crippen molar-refractivity contribution in [2.75, 3.05) is 63.7 Å². The number of hydrogen-bond donors (Lipinski definition) is 2. The molecule has 4 heterocycles. The Kier molecular flexibility index (Phi) is 5.29. The number of morpholine rings is 1. The maximum absolute atomic E-state index is 5.68. The van der Waals surface area contributed by atoms with E-state index in [2.05, 4.69) is 30.1 Å². The normalized spacial score (nSPS) is 16.6. The van der Waals surface area contributed by atoms with Crippen molar-refractivity contribution in [2.24, 2.45) is 0 Å². The fourth-order valence-corrected chi connectivity index (χ4v) is 3.85. The molecule has 1 aromatic carbocycles. The number of nitrogens with one attached hydrogen (secondary N) is 2. The Balaban J connectivity index is 1.38. The standard InChI is InChI=1S/C21H26N6O3/c1-22-21-25-16-14-23-20(24-15-2-3-18-19(12-15)30-11-10-29-18)13-17(16)27(21)5-4-26-6-8-28-9-7-26/h2-3,12-14H,4-11H2,1H3,(H,22,25)(H,23,24). The Morgan fingerprint density at radius 2 is 1.83 bits per heavy atom. The Bertz CT molecular complexity index is 1030. The first kappa shape index (κ1) is 19.0. The van der Waals surface area contributed by atoms with Gasteiger partial charge in [-0.25, -0.2) is 9.97 Å². The molecule has 1 fully saturated rings. The minimum atomic E-state index is 0.565. The molecular formula is C21H26N6O3. The number of anilines is 3. The molecule has 1 saturated heterocycles. The van der Waals surface area contributed by atoms with Crippen LogP contribution in [0.15, 0.2) is 30.5 Å². The lowest BCUT2D eigenvalue weighted by atomic mass is 10.2. The minimum absolute atomic E-state index is 0.565. The summed E-state index contributed by atoms with van der Waals surface area (Å²) in [5.74, 6) is 3.13. The lowest BCUT2D eigenvalue weighted by Crippen LogP contribution is -2.38. The summed E-state index contributed by atoms with van der Waals surface area (Å²) in [6.07, 6.45) is 1.81. The molecule has 30 heavy (non-hydrogen) atoms. The van der Waals surface area contributed by atoms with Crippen LogP contribution in [0.3, 0.4) is 0 Å². The first-order chi connectivity index (χ1) is 14.8. The van der Waals surface area contributed by atoms with Crippen LogP contribution < -0.4 is 20.1 Å². The number of aromatic nitrogens is 3. The van der Waals surface area contributed by atoms with Gasteiger partial charge in [0.05, 0.1) is 24.9 Å². The zero-order valence-corrected chi connectivity index (χ0v) is 17.1. The molecular weight excluding hydrogens is 384 g/mol. The smallest absolute Gasteiger partial charge is 0.203 e. The van der Waals surface area contributed by atoms with Gasteiger partial charge in [0, 0.05) is 51.0 Å². The van der Waals surface area contributed by atoms with Crippen LogP contribution in [0, 0.1) is 0 Å². The molecule has 2 aliphatic heterocycles. The molecule has 5 rings (SSSR count). The van der Waals surface area contributed by atoms with E-state index in [1.807, 2.05) is 37.5 Å². The summed E-state index contributed by atoms with van der Waals surface area (Å²) in [5.41, 5.74) is 2.82. The predicted molar refractivity (Wildman–Crippen MR) is 115 cm³/mol. The van der Waals surface area contributed by atoms with Gasteiger partial charge in [-0.2, -0.15) is 0 Å². The maximum Gasteiger partial charge on any atom is 0.203 e. The highest BCUT2D eigenvalue weighted by molar-refractivity contribution is 5.81. The van der Waals surface area contributed by atoms with Gasteiger partial charge < -0.3 is 29.4 Å². The highest BCUT2D eigenvalue weighted by Gasteiger charge is 2.16. The molecule has 9 heteroatoms. The summed E-state index contributed by atoms with van der Waals surface area (Å²) in [4.78, 5) is 11.6. The average Bonchev–Trinajstić information content (AvgIpc) is 3.15. The molecule has 0 bridgehead atoms. The topological polar surface area (TPSA) is 85.7 Å². The highest BCUT2D eigenvalue weighted by atomic mass is 16.6. The van der Waals surface area contributed by atoms with Gasteiger partial charge in [-0.3, -0.25) is 4.90 Å². The number of imidazole rings is 1. The predicted octanol–water partition coefficient (Wildman–Crippen LogP) is 2.32. The summed E-state index contributed by atoms with van der Waals surface area (Å²) in [6.45, 7) is 6.50. The molecule has 2 aromatic heterocycles. The average molecular weight is 410 g/mol.